The second-order valence-corrected chi connectivity index (χ2v) is 9.80. The van der Waals surface area contributed by atoms with Crippen molar-refractivity contribution in [2.75, 3.05) is 26.3 Å². The maximum atomic E-state index is 11.2. The van der Waals surface area contributed by atoms with E-state index in [-0.39, 0.29) is 6.61 Å². The van der Waals surface area contributed by atoms with Crippen LogP contribution in [0.4, 0.5) is 0 Å². The zero-order valence-electron chi connectivity index (χ0n) is 20.0. The third-order valence-corrected chi connectivity index (χ3v) is 6.42. The Bertz CT molecular complexity index is 1070. The molecule has 2 heterocycles. The minimum Gasteiger partial charge on any atom is -0.494 e. The van der Waals surface area contributed by atoms with Crippen LogP contribution >= 0.6 is 11.6 Å². The Kier molecular flexibility index (Phi) is 8.14. The zero-order chi connectivity index (χ0) is 24.0. The van der Waals surface area contributed by atoms with Crippen LogP contribution < -0.4 is 9.47 Å². The van der Waals surface area contributed by atoms with Gasteiger partial charge in [-0.25, -0.2) is 0 Å². The average Bonchev–Trinajstić information content (AvgIpc) is 3.23. The molecule has 1 N–H and O–H groups in total. The molecule has 1 saturated heterocycles. The SMILES string of the molecule is Cc1ccc(Cl)c(OCC2(O)CCCN(Cc3ccc(OCCCn4cc(C)cn4)cc3)C2)c1. The highest BCUT2D eigenvalue weighted by molar-refractivity contribution is 6.32. The van der Waals surface area contributed by atoms with Gasteiger partial charge in [0.1, 0.15) is 23.7 Å². The van der Waals surface area contributed by atoms with Crippen LogP contribution in [-0.2, 0) is 13.1 Å². The van der Waals surface area contributed by atoms with E-state index in [1.807, 2.05) is 61.3 Å². The van der Waals surface area contributed by atoms with Crippen molar-refractivity contribution in [3.05, 3.63) is 76.6 Å². The molecule has 0 spiro atoms. The summed E-state index contributed by atoms with van der Waals surface area (Å²) in [5.74, 6) is 1.50. The average molecular weight is 484 g/mol. The molecule has 3 aromatic rings. The molecule has 2 aromatic carbocycles. The maximum Gasteiger partial charge on any atom is 0.138 e. The largest absolute Gasteiger partial charge is 0.494 e. The predicted octanol–water partition coefficient (Wildman–Crippen LogP) is 5.03. The summed E-state index contributed by atoms with van der Waals surface area (Å²) in [5.41, 5.74) is 2.57. The second-order valence-electron chi connectivity index (χ2n) is 9.39. The quantitative estimate of drug-likeness (QED) is 0.410. The van der Waals surface area contributed by atoms with Gasteiger partial charge in [0.15, 0.2) is 0 Å². The number of benzene rings is 2. The molecule has 1 aromatic heterocycles. The molecule has 0 saturated carbocycles. The Labute approximate surface area is 207 Å². The highest BCUT2D eigenvalue weighted by atomic mass is 35.5. The van der Waals surface area contributed by atoms with Gasteiger partial charge in [-0.15, -0.1) is 0 Å². The first-order valence-corrected chi connectivity index (χ1v) is 12.3. The van der Waals surface area contributed by atoms with Gasteiger partial charge >= 0.3 is 0 Å². The van der Waals surface area contributed by atoms with Gasteiger partial charge in [0, 0.05) is 32.3 Å². The van der Waals surface area contributed by atoms with E-state index in [0.29, 0.717) is 23.9 Å². The van der Waals surface area contributed by atoms with Crippen molar-refractivity contribution in [1.29, 1.82) is 0 Å². The van der Waals surface area contributed by atoms with Crippen LogP contribution in [0.2, 0.25) is 5.02 Å². The van der Waals surface area contributed by atoms with Crippen molar-refractivity contribution in [1.82, 2.24) is 14.7 Å². The molecule has 182 valence electrons. The molecule has 7 heteroatoms. The fourth-order valence-electron chi connectivity index (χ4n) is 4.35. The van der Waals surface area contributed by atoms with E-state index in [4.69, 9.17) is 21.1 Å². The number of aromatic nitrogens is 2. The Hall–Kier alpha value is -2.54. The van der Waals surface area contributed by atoms with E-state index in [1.165, 1.54) is 11.1 Å². The van der Waals surface area contributed by atoms with Crippen LogP contribution in [0, 0.1) is 13.8 Å². The Morgan fingerprint density at radius 3 is 2.68 bits per heavy atom. The molecule has 0 aliphatic carbocycles. The molecule has 1 unspecified atom stereocenters. The van der Waals surface area contributed by atoms with E-state index in [0.717, 1.165) is 50.2 Å². The first-order valence-electron chi connectivity index (χ1n) is 11.9. The number of hydrogen-bond donors (Lipinski definition) is 1. The third-order valence-electron chi connectivity index (χ3n) is 6.11. The van der Waals surface area contributed by atoms with E-state index >= 15 is 0 Å². The first kappa shape index (κ1) is 24.6. The van der Waals surface area contributed by atoms with Gasteiger partial charge < -0.3 is 14.6 Å². The first-order chi connectivity index (χ1) is 16.4. The van der Waals surface area contributed by atoms with Gasteiger partial charge in [-0.1, -0.05) is 29.8 Å². The lowest BCUT2D eigenvalue weighted by Gasteiger charge is -2.39. The fourth-order valence-corrected chi connectivity index (χ4v) is 4.52. The van der Waals surface area contributed by atoms with Crippen LogP contribution in [0.5, 0.6) is 11.5 Å². The lowest BCUT2D eigenvalue weighted by Crippen LogP contribution is -2.51. The van der Waals surface area contributed by atoms with E-state index < -0.39 is 5.60 Å². The normalized spacial score (nSPS) is 18.7. The van der Waals surface area contributed by atoms with Gasteiger partial charge in [0.05, 0.1) is 17.8 Å². The number of aryl methyl sites for hydroxylation is 3. The van der Waals surface area contributed by atoms with Gasteiger partial charge in [-0.05, 0) is 74.2 Å². The fraction of sp³-hybridized carbons (Fsp3) is 0.444. The van der Waals surface area contributed by atoms with Crippen molar-refractivity contribution < 1.29 is 14.6 Å². The third kappa shape index (κ3) is 6.98. The molecular weight excluding hydrogens is 450 g/mol. The van der Waals surface area contributed by atoms with Crippen LogP contribution in [-0.4, -0.2) is 51.7 Å². The Morgan fingerprint density at radius 2 is 1.91 bits per heavy atom. The number of likely N-dealkylation sites (tertiary alicyclic amines) is 1. The van der Waals surface area contributed by atoms with Crippen molar-refractivity contribution in [3.8, 4) is 11.5 Å². The number of piperidine rings is 1. The summed E-state index contributed by atoms with van der Waals surface area (Å²) in [5, 5.41) is 16.0. The molecule has 6 nitrogen and oxygen atoms in total. The monoisotopic (exact) mass is 483 g/mol. The van der Waals surface area contributed by atoms with Crippen LogP contribution in [0.15, 0.2) is 54.9 Å². The molecule has 1 atom stereocenters. The lowest BCUT2D eigenvalue weighted by atomic mass is 9.93. The number of hydrogen-bond acceptors (Lipinski definition) is 5. The number of β-amino-alcohol motifs (C(OH)–C–C–N with tert-alkyl or cyclic N) is 1. The highest BCUT2D eigenvalue weighted by Crippen LogP contribution is 2.29. The number of ether oxygens (including phenoxy) is 2. The summed E-state index contributed by atoms with van der Waals surface area (Å²) in [6.07, 6.45) is 6.47. The van der Waals surface area contributed by atoms with Gasteiger partial charge in [0.25, 0.3) is 0 Å². The van der Waals surface area contributed by atoms with Crippen LogP contribution in [0.25, 0.3) is 0 Å². The molecule has 0 amide bonds. The van der Waals surface area contributed by atoms with E-state index in [2.05, 4.69) is 22.1 Å². The molecular formula is C27H34ClN3O3. The minimum atomic E-state index is -0.887. The zero-order valence-corrected chi connectivity index (χ0v) is 20.8. The highest BCUT2D eigenvalue weighted by Gasteiger charge is 2.34. The molecule has 0 radical (unpaired) electrons. The lowest BCUT2D eigenvalue weighted by molar-refractivity contribution is -0.0620. The van der Waals surface area contributed by atoms with Gasteiger partial charge in [-0.2, -0.15) is 5.10 Å². The smallest absolute Gasteiger partial charge is 0.138 e. The summed E-state index contributed by atoms with van der Waals surface area (Å²) in [6, 6.07) is 13.9. The molecule has 1 aliphatic rings. The standard InChI is InChI=1S/C27H34ClN3O3/c1-21-5-10-25(28)26(15-21)34-20-27(32)11-3-12-30(19-27)18-23-6-8-24(9-7-23)33-14-4-13-31-17-22(2)16-29-31/h5-10,15-17,32H,3-4,11-14,18-20H2,1-2H3. The number of halogens is 1. The summed E-state index contributed by atoms with van der Waals surface area (Å²) < 4.78 is 13.7. The van der Waals surface area contributed by atoms with Crippen molar-refractivity contribution in [2.45, 2.75) is 51.8 Å². The predicted molar refractivity (Wildman–Crippen MR) is 135 cm³/mol. The summed E-state index contributed by atoms with van der Waals surface area (Å²) in [7, 11) is 0. The second kappa shape index (κ2) is 11.3. The number of rotatable bonds is 10. The molecule has 0 bridgehead atoms. The van der Waals surface area contributed by atoms with Crippen molar-refractivity contribution in [2.24, 2.45) is 0 Å². The molecule has 4 rings (SSSR count). The van der Waals surface area contributed by atoms with Crippen molar-refractivity contribution in [3.63, 3.8) is 0 Å². The van der Waals surface area contributed by atoms with Gasteiger partial charge in [0.2, 0.25) is 0 Å². The molecule has 1 fully saturated rings. The Balaban J connectivity index is 1.23. The van der Waals surface area contributed by atoms with Crippen LogP contribution in [0.3, 0.4) is 0 Å². The van der Waals surface area contributed by atoms with E-state index in [1.54, 1.807) is 0 Å². The van der Waals surface area contributed by atoms with E-state index in [9.17, 15) is 5.11 Å². The molecule has 34 heavy (non-hydrogen) atoms. The van der Waals surface area contributed by atoms with Crippen LogP contribution in [0.1, 0.15) is 36.0 Å². The molecule has 1 aliphatic heterocycles. The summed E-state index contributed by atoms with van der Waals surface area (Å²) in [6.45, 7) is 8.09. The summed E-state index contributed by atoms with van der Waals surface area (Å²) >= 11 is 6.25. The topological polar surface area (TPSA) is 59.8 Å². The Morgan fingerprint density at radius 1 is 1.09 bits per heavy atom. The summed E-state index contributed by atoms with van der Waals surface area (Å²) in [4.78, 5) is 2.28. The van der Waals surface area contributed by atoms with Gasteiger partial charge in [-0.3, -0.25) is 9.58 Å². The number of aliphatic hydroxyl groups is 1. The number of nitrogens with zero attached hydrogens (tertiary/aromatic N) is 3. The van der Waals surface area contributed by atoms with Crippen molar-refractivity contribution >= 4 is 11.6 Å². The minimum absolute atomic E-state index is 0.234. The maximum absolute atomic E-state index is 11.2.